The highest BCUT2D eigenvalue weighted by atomic mass is 15.4. The van der Waals surface area contributed by atoms with Crippen LogP contribution in [0.15, 0.2) is 36.4 Å². The molecule has 1 aromatic carbocycles. The minimum atomic E-state index is 0.898. The summed E-state index contributed by atoms with van der Waals surface area (Å²) in [6.07, 6.45) is 0.898. The summed E-state index contributed by atoms with van der Waals surface area (Å²) in [5.74, 6) is 1.16. The van der Waals surface area contributed by atoms with E-state index in [1.165, 1.54) is 11.1 Å². The van der Waals surface area contributed by atoms with Crippen LogP contribution in [0.1, 0.15) is 18.3 Å². The van der Waals surface area contributed by atoms with Gasteiger partial charge in [0.15, 0.2) is 5.65 Å². The zero-order valence-corrected chi connectivity index (χ0v) is 15.2. The zero-order chi connectivity index (χ0) is 17.4. The number of piperazine rings is 1. The van der Waals surface area contributed by atoms with Gasteiger partial charge in [-0.2, -0.15) is 9.61 Å². The van der Waals surface area contributed by atoms with E-state index in [0.717, 1.165) is 55.5 Å². The molecule has 3 aromatic rings. The average Bonchev–Trinajstić information content (AvgIpc) is 3.01. The van der Waals surface area contributed by atoms with Gasteiger partial charge >= 0.3 is 0 Å². The molecular weight excluding hydrogens is 310 g/mol. The van der Waals surface area contributed by atoms with E-state index in [0.29, 0.717) is 0 Å². The molecule has 0 atom stereocenters. The Balaban J connectivity index is 1.90. The highest BCUT2D eigenvalue weighted by Gasteiger charge is 2.22. The van der Waals surface area contributed by atoms with Crippen molar-refractivity contribution in [1.29, 1.82) is 0 Å². The van der Waals surface area contributed by atoms with Crippen molar-refractivity contribution in [3.8, 4) is 11.1 Å². The molecule has 0 amide bonds. The van der Waals surface area contributed by atoms with Crippen LogP contribution < -0.4 is 4.90 Å². The van der Waals surface area contributed by atoms with Crippen molar-refractivity contribution in [2.45, 2.75) is 20.3 Å². The minimum Gasteiger partial charge on any atom is -0.354 e. The molecule has 3 heterocycles. The van der Waals surface area contributed by atoms with E-state index in [1.54, 1.807) is 0 Å². The summed E-state index contributed by atoms with van der Waals surface area (Å²) < 4.78 is 2.06. The SMILES string of the molecule is CCc1nn2c(N3CCN(C)CC3)cc(C)nc2c1-c1ccccc1. The number of likely N-dealkylation sites (N-methyl/N-ethyl adjacent to an activating group) is 1. The predicted octanol–water partition coefficient (Wildman–Crippen LogP) is 3.02. The molecule has 5 nitrogen and oxygen atoms in total. The van der Waals surface area contributed by atoms with Crippen LogP contribution >= 0.6 is 0 Å². The van der Waals surface area contributed by atoms with Crippen LogP contribution in [0.4, 0.5) is 5.82 Å². The minimum absolute atomic E-state index is 0.898. The number of hydrogen-bond acceptors (Lipinski definition) is 4. The van der Waals surface area contributed by atoms with Crippen molar-refractivity contribution in [2.24, 2.45) is 0 Å². The van der Waals surface area contributed by atoms with E-state index >= 15 is 0 Å². The number of nitrogens with zero attached hydrogens (tertiary/aromatic N) is 5. The Morgan fingerprint density at radius 2 is 1.76 bits per heavy atom. The molecule has 0 radical (unpaired) electrons. The Labute approximate surface area is 148 Å². The highest BCUT2D eigenvalue weighted by Crippen LogP contribution is 2.31. The molecule has 1 aliphatic heterocycles. The smallest absolute Gasteiger partial charge is 0.165 e. The Bertz CT molecular complexity index is 876. The Morgan fingerprint density at radius 3 is 2.44 bits per heavy atom. The summed E-state index contributed by atoms with van der Waals surface area (Å²) in [5, 5.41) is 4.94. The van der Waals surface area contributed by atoms with E-state index in [4.69, 9.17) is 10.1 Å². The number of anilines is 1. The molecule has 0 unspecified atom stereocenters. The van der Waals surface area contributed by atoms with Crippen LogP contribution in [0.2, 0.25) is 0 Å². The number of benzene rings is 1. The van der Waals surface area contributed by atoms with Gasteiger partial charge in [-0.1, -0.05) is 37.3 Å². The fourth-order valence-electron chi connectivity index (χ4n) is 3.57. The molecule has 2 aromatic heterocycles. The number of aromatic nitrogens is 3. The number of hydrogen-bond donors (Lipinski definition) is 0. The summed E-state index contributed by atoms with van der Waals surface area (Å²) in [7, 11) is 2.18. The van der Waals surface area contributed by atoms with Crippen LogP contribution in [-0.2, 0) is 6.42 Å². The number of aryl methyl sites for hydroxylation is 2. The number of fused-ring (bicyclic) bond motifs is 1. The molecule has 0 aliphatic carbocycles. The third-order valence-electron chi connectivity index (χ3n) is 5.00. The summed E-state index contributed by atoms with van der Waals surface area (Å²) in [5.41, 5.74) is 5.48. The van der Waals surface area contributed by atoms with E-state index in [1.807, 2.05) is 0 Å². The summed E-state index contributed by atoms with van der Waals surface area (Å²) in [6.45, 7) is 8.45. The highest BCUT2D eigenvalue weighted by molar-refractivity contribution is 5.81. The first-order valence-corrected chi connectivity index (χ1v) is 9.05. The fourth-order valence-corrected chi connectivity index (χ4v) is 3.57. The Kier molecular flexibility index (Phi) is 4.17. The maximum atomic E-state index is 4.94. The Morgan fingerprint density at radius 1 is 1.04 bits per heavy atom. The van der Waals surface area contributed by atoms with Crippen molar-refractivity contribution in [2.75, 3.05) is 38.1 Å². The molecule has 1 fully saturated rings. The van der Waals surface area contributed by atoms with Crippen LogP contribution in [0.3, 0.4) is 0 Å². The molecule has 0 saturated carbocycles. The number of rotatable bonds is 3. The molecule has 130 valence electrons. The van der Waals surface area contributed by atoms with Gasteiger partial charge in [-0.15, -0.1) is 0 Å². The van der Waals surface area contributed by atoms with Gasteiger partial charge in [0.1, 0.15) is 5.82 Å². The topological polar surface area (TPSA) is 36.7 Å². The van der Waals surface area contributed by atoms with E-state index in [-0.39, 0.29) is 0 Å². The monoisotopic (exact) mass is 335 g/mol. The molecule has 0 N–H and O–H groups in total. The molecule has 0 bridgehead atoms. The lowest BCUT2D eigenvalue weighted by Crippen LogP contribution is -2.45. The summed E-state index contributed by atoms with van der Waals surface area (Å²) in [4.78, 5) is 9.66. The van der Waals surface area contributed by atoms with Gasteiger partial charge in [0, 0.05) is 43.5 Å². The molecular formula is C20H25N5. The lowest BCUT2D eigenvalue weighted by Gasteiger charge is -2.34. The first kappa shape index (κ1) is 16.1. The second-order valence-corrected chi connectivity index (χ2v) is 6.82. The van der Waals surface area contributed by atoms with Crippen LogP contribution in [0.5, 0.6) is 0 Å². The van der Waals surface area contributed by atoms with E-state index in [9.17, 15) is 0 Å². The van der Waals surface area contributed by atoms with Crippen molar-refractivity contribution < 1.29 is 0 Å². The standard InChI is InChI=1S/C20H25N5/c1-4-17-19(16-8-6-5-7-9-16)20-21-15(2)14-18(25(20)22-17)24-12-10-23(3)11-13-24/h5-9,14H,4,10-13H2,1-3H3. The molecule has 25 heavy (non-hydrogen) atoms. The van der Waals surface area contributed by atoms with Gasteiger partial charge in [0.25, 0.3) is 0 Å². The van der Waals surface area contributed by atoms with E-state index < -0.39 is 0 Å². The van der Waals surface area contributed by atoms with Crippen LogP contribution in [0.25, 0.3) is 16.8 Å². The van der Waals surface area contributed by atoms with E-state index in [2.05, 4.69) is 71.6 Å². The lowest BCUT2D eigenvalue weighted by atomic mass is 10.0. The first-order chi connectivity index (χ1) is 12.2. The fraction of sp³-hybridized carbons (Fsp3) is 0.400. The molecule has 1 saturated heterocycles. The lowest BCUT2D eigenvalue weighted by molar-refractivity contribution is 0.311. The zero-order valence-electron chi connectivity index (χ0n) is 15.2. The molecule has 4 rings (SSSR count). The van der Waals surface area contributed by atoms with Crippen LogP contribution in [-0.4, -0.2) is 52.7 Å². The van der Waals surface area contributed by atoms with Gasteiger partial charge in [0.05, 0.1) is 5.69 Å². The van der Waals surface area contributed by atoms with Crippen molar-refractivity contribution >= 4 is 11.5 Å². The van der Waals surface area contributed by atoms with Crippen molar-refractivity contribution in [3.63, 3.8) is 0 Å². The third kappa shape index (κ3) is 2.89. The normalized spacial score (nSPS) is 15.9. The van der Waals surface area contributed by atoms with Gasteiger partial charge in [0.2, 0.25) is 0 Å². The maximum Gasteiger partial charge on any atom is 0.165 e. The van der Waals surface area contributed by atoms with Gasteiger partial charge in [-0.25, -0.2) is 4.98 Å². The van der Waals surface area contributed by atoms with Gasteiger partial charge in [-0.05, 0) is 26.0 Å². The molecule has 5 heteroatoms. The predicted molar refractivity (Wildman–Crippen MR) is 102 cm³/mol. The Hall–Kier alpha value is -2.40. The van der Waals surface area contributed by atoms with Crippen molar-refractivity contribution in [1.82, 2.24) is 19.5 Å². The average molecular weight is 335 g/mol. The third-order valence-corrected chi connectivity index (χ3v) is 5.00. The van der Waals surface area contributed by atoms with Gasteiger partial charge in [-0.3, -0.25) is 0 Å². The van der Waals surface area contributed by atoms with Gasteiger partial charge < -0.3 is 9.80 Å². The molecule has 1 aliphatic rings. The first-order valence-electron chi connectivity index (χ1n) is 9.05. The van der Waals surface area contributed by atoms with Crippen molar-refractivity contribution in [3.05, 3.63) is 47.8 Å². The summed E-state index contributed by atoms with van der Waals surface area (Å²) >= 11 is 0. The second kappa shape index (κ2) is 6.48. The quantitative estimate of drug-likeness (QED) is 0.737. The molecule has 0 spiro atoms. The second-order valence-electron chi connectivity index (χ2n) is 6.82. The summed E-state index contributed by atoms with van der Waals surface area (Å²) in [6, 6.07) is 12.7. The van der Waals surface area contributed by atoms with Crippen LogP contribution in [0, 0.1) is 6.92 Å². The largest absolute Gasteiger partial charge is 0.354 e. The maximum absolute atomic E-state index is 4.94.